The minimum Gasteiger partial charge on any atom is -0.454 e. The van der Waals surface area contributed by atoms with E-state index in [1.165, 1.54) is 3.69 Å². The third-order valence-corrected chi connectivity index (χ3v) is 4.28. The summed E-state index contributed by atoms with van der Waals surface area (Å²) in [5, 5.41) is 0. The summed E-state index contributed by atoms with van der Waals surface area (Å²) in [4.78, 5) is 0. The molecule has 0 aromatic heterocycles. The molecule has 1 heterocycles. The summed E-state index contributed by atoms with van der Waals surface area (Å²) in [6.07, 6.45) is 0. The van der Waals surface area contributed by atoms with E-state index < -0.39 is 0 Å². The molecule has 4 heteroatoms. The first-order valence-corrected chi connectivity index (χ1v) is 7.95. The molecule has 0 spiro atoms. The van der Waals surface area contributed by atoms with Gasteiger partial charge in [-0.25, -0.2) is 0 Å². The summed E-state index contributed by atoms with van der Waals surface area (Å²) in [7, 11) is 0. The van der Waals surface area contributed by atoms with E-state index in [4.69, 9.17) is 9.47 Å². The fourth-order valence-corrected chi connectivity index (χ4v) is 2.54. The van der Waals surface area contributed by atoms with Crippen molar-refractivity contribution in [1.82, 2.24) is 0 Å². The molecule has 2 rings (SSSR count). The van der Waals surface area contributed by atoms with E-state index in [1.54, 1.807) is 0 Å². The minimum atomic E-state index is -0.251. The lowest BCUT2D eigenvalue weighted by Crippen LogP contribution is -2.06. The Morgan fingerprint density at radius 2 is 2.09 bits per heavy atom. The van der Waals surface area contributed by atoms with Crippen molar-refractivity contribution in [2.45, 2.75) is 0 Å². The van der Waals surface area contributed by atoms with Crippen molar-refractivity contribution in [2.75, 3.05) is 6.79 Å². The molecular formula is C7H5BrMgO2. The highest BCUT2D eigenvalue weighted by Gasteiger charge is 2.12. The molecule has 0 saturated heterocycles. The van der Waals surface area contributed by atoms with Crippen LogP contribution < -0.4 is 13.2 Å². The van der Waals surface area contributed by atoms with Gasteiger partial charge in [0.2, 0.25) is 6.79 Å². The Kier molecular flexibility index (Phi) is 2.24. The quantitative estimate of drug-likeness (QED) is 0.665. The van der Waals surface area contributed by atoms with Crippen LogP contribution >= 0.6 is 12.9 Å². The molecule has 0 bridgehead atoms. The molecule has 0 atom stereocenters. The second-order valence-corrected chi connectivity index (χ2v) is 5.09. The third kappa shape index (κ3) is 1.48. The summed E-state index contributed by atoms with van der Waals surface area (Å²) in [6.45, 7) is 0.364. The van der Waals surface area contributed by atoms with Crippen LogP contribution in [0.15, 0.2) is 18.2 Å². The van der Waals surface area contributed by atoms with Gasteiger partial charge in [-0.1, -0.05) is 6.07 Å². The van der Waals surface area contributed by atoms with Crippen LogP contribution in [-0.4, -0.2) is 25.0 Å². The average Bonchev–Trinajstić information content (AvgIpc) is 2.50. The van der Waals surface area contributed by atoms with E-state index in [1.807, 2.05) is 12.1 Å². The average molecular weight is 225 g/mol. The van der Waals surface area contributed by atoms with Crippen LogP contribution in [0.4, 0.5) is 0 Å². The van der Waals surface area contributed by atoms with Gasteiger partial charge >= 0.3 is 18.2 Å². The van der Waals surface area contributed by atoms with E-state index in [-0.39, 0.29) is 18.2 Å². The van der Waals surface area contributed by atoms with Gasteiger partial charge in [0.1, 0.15) is 0 Å². The molecule has 1 aliphatic rings. The van der Waals surface area contributed by atoms with E-state index >= 15 is 0 Å². The SMILES string of the molecule is [Br][Mg][c]1ccc2c(c1)OCO2. The lowest BCUT2D eigenvalue weighted by molar-refractivity contribution is 0.174. The Hall–Kier alpha value is 0.0662. The fraction of sp³-hybridized carbons (Fsp3) is 0.143. The molecule has 1 aromatic carbocycles. The maximum absolute atomic E-state index is 5.22. The zero-order chi connectivity index (χ0) is 7.68. The van der Waals surface area contributed by atoms with Gasteiger partial charge in [0, 0.05) is 0 Å². The molecular weight excluding hydrogens is 220 g/mol. The maximum atomic E-state index is 5.22. The molecule has 2 nitrogen and oxygen atoms in total. The van der Waals surface area contributed by atoms with Gasteiger partial charge in [0.25, 0.3) is 0 Å². The summed E-state index contributed by atoms with van der Waals surface area (Å²) < 4.78 is 11.7. The number of hydrogen-bond donors (Lipinski definition) is 0. The largest absolute Gasteiger partial charge is 0.506 e. The number of halogens is 1. The summed E-state index contributed by atoms with van der Waals surface area (Å²) in [5.74, 6) is 1.75. The first-order valence-electron chi connectivity index (χ1n) is 3.34. The summed E-state index contributed by atoms with van der Waals surface area (Å²) >= 11 is 3.26. The highest BCUT2D eigenvalue weighted by atomic mass is 79.9. The third-order valence-electron chi connectivity index (χ3n) is 1.59. The van der Waals surface area contributed by atoms with Crippen molar-refractivity contribution >= 4 is 34.8 Å². The Bertz CT molecular complexity index is 277. The van der Waals surface area contributed by atoms with Crippen LogP contribution in [0.1, 0.15) is 0 Å². The van der Waals surface area contributed by atoms with Gasteiger partial charge in [-0.05, 0) is 12.1 Å². The van der Waals surface area contributed by atoms with Gasteiger partial charge in [-0.15, -0.1) is 3.69 Å². The lowest BCUT2D eigenvalue weighted by Gasteiger charge is -1.97. The monoisotopic (exact) mass is 224 g/mol. The summed E-state index contributed by atoms with van der Waals surface area (Å²) in [5.41, 5.74) is 0. The smallest absolute Gasteiger partial charge is 0.454 e. The normalized spacial score (nSPS) is 12.8. The highest BCUT2D eigenvalue weighted by Crippen LogP contribution is 2.29. The van der Waals surface area contributed by atoms with Gasteiger partial charge in [0.15, 0.2) is 11.5 Å². The van der Waals surface area contributed by atoms with Crippen LogP contribution in [0.2, 0.25) is 0 Å². The van der Waals surface area contributed by atoms with Gasteiger partial charge in [-0.2, -0.15) is 0 Å². The predicted molar refractivity (Wildman–Crippen MR) is 46.9 cm³/mol. The van der Waals surface area contributed by atoms with Crippen molar-refractivity contribution in [3.05, 3.63) is 18.2 Å². The second-order valence-electron chi connectivity index (χ2n) is 2.32. The first kappa shape index (κ1) is 7.70. The fourth-order valence-electron chi connectivity index (χ4n) is 1.02. The number of hydrogen-bond acceptors (Lipinski definition) is 2. The van der Waals surface area contributed by atoms with E-state index in [2.05, 4.69) is 19.0 Å². The van der Waals surface area contributed by atoms with Gasteiger partial charge in [-0.3, -0.25) is 12.9 Å². The molecule has 0 radical (unpaired) electrons. The Labute approximate surface area is 80.5 Å². The minimum absolute atomic E-state index is 0.251. The van der Waals surface area contributed by atoms with E-state index in [0.29, 0.717) is 6.79 Å². The van der Waals surface area contributed by atoms with Gasteiger partial charge in [0.05, 0.1) is 0 Å². The van der Waals surface area contributed by atoms with Crippen molar-refractivity contribution in [1.29, 1.82) is 0 Å². The Balaban J connectivity index is 2.41. The number of benzene rings is 1. The van der Waals surface area contributed by atoms with Crippen LogP contribution in [0.5, 0.6) is 11.5 Å². The molecule has 1 aromatic rings. The lowest BCUT2D eigenvalue weighted by atomic mass is 10.3. The summed E-state index contributed by atoms with van der Waals surface area (Å²) in [6, 6.07) is 6.09. The molecule has 0 unspecified atom stereocenters. The molecule has 0 saturated carbocycles. The zero-order valence-corrected chi connectivity index (χ0v) is 8.84. The molecule has 54 valence electrons. The highest BCUT2D eigenvalue weighted by molar-refractivity contribution is 9.23. The second kappa shape index (κ2) is 3.21. The maximum Gasteiger partial charge on any atom is 0.506 e. The number of rotatable bonds is 1. The molecule has 1 aliphatic heterocycles. The van der Waals surface area contributed by atoms with Crippen LogP contribution in [0.25, 0.3) is 0 Å². The van der Waals surface area contributed by atoms with E-state index in [0.717, 1.165) is 11.5 Å². The predicted octanol–water partition coefficient (Wildman–Crippen LogP) is 1.05. The van der Waals surface area contributed by atoms with Crippen molar-refractivity contribution in [3.8, 4) is 11.5 Å². The number of ether oxygens (including phenoxy) is 2. The molecule has 0 fully saturated rings. The number of fused-ring (bicyclic) bond motifs is 1. The molecule has 0 aliphatic carbocycles. The van der Waals surface area contributed by atoms with E-state index in [9.17, 15) is 0 Å². The standard InChI is InChI=1S/C7H5O2.BrH.Mg/c1-2-4-7-6(3-1)8-5-9-7;;/h1,3-4H,5H2;1H;/q;;+1/p-1. The zero-order valence-electron chi connectivity index (χ0n) is 5.84. The van der Waals surface area contributed by atoms with Crippen LogP contribution in [0.3, 0.4) is 0 Å². The molecule has 0 amide bonds. The Morgan fingerprint density at radius 3 is 2.91 bits per heavy atom. The van der Waals surface area contributed by atoms with Gasteiger partial charge < -0.3 is 9.47 Å². The molecule has 11 heavy (non-hydrogen) atoms. The van der Waals surface area contributed by atoms with Crippen molar-refractivity contribution in [2.24, 2.45) is 0 Å². The first-order chi connectivity index (χ1) is 5.40. The Morgan fingerprint density at radius 1 is 1.27 bits per heavy atom. The van der Waals surface area contributed by atoms with Crippen LogP contribution in [0, 0.1) is 0 Å². The van der Waals surface area contributed by atoms with Crippen molar-refractivity contribution in [3.63, 3.8) is 0 Å². The topological polar surface area (TPSA) is 18.5 Å². The van der Waals surface area contributed by atoms with Crippen LogP contribution in [-0.2, 0) is 0 Å². The van der Waals surface area contributed by atoms with Crippen molar-refractivity contribution < 1.29 is 9.47 Å². The molecule has 0 N–H and O–H groups in total.